The van der Waals surface area contributed by atoms with Crippen LogP contribution in [0.5, 0.6) is 0 Å². The molecule has 15 heavy (non-hydrogen) atoms. The molecule has 0 radical (unpaired) electrons. The number of hydrogen-bond donors (Lipinski definition) is 0. The Labute approximate surface area is 97.9 Å². The fourth-order valence-corrected chi connectivity index (χ4v) is 1.50. The van der Waals surface area contributed by atoms with Crippen LogP contribution in [0, 0.1) is 6.92 Å². The van der Waals surface area contributed by atoms with Gasteiger partial charge in [-0.25, -0.2) is 0 Å². The molecular weight excluding hydrogens is 231 g/mol. The van der Waals surface area contributed by atoms with E-state index >= 15 is 0 Å². The highest BCUT2D eigenvalue weighted by Gasteiger charge is 2.02. The summed E-state index contributed by atoms with van der Waals surface area (Å²) in [6.45, 7) is 1.96. The summed E-state index contributed by atoms with van der Waals surface area (Å²) in [5.74, 6) is 0. The quantitative estimate of drug-likeness (QED) is 0.757. The summed E-state index contributed by atoms with van der Waals surface area (Å²) in [6.07, 6.45) is 0. The average Bonchev–Trinajstić information content (AvgIpc) is 2.23. The highest BCUT2D eigenvalue weighted by Crippen LogP contribution is 2.23. The third-order valence-corrected chi connectivity index (χ3v) is 2.71. The van der Waals surface area contributed by atoms with Crippen molar-refractivity contribution in [2.75, 3.05) is 0 Å². The smallest absolute Gasteiger partial charge is 0.149 e. The topological polar surface area (TPSA) is 25.8 Å². The van der Waals surface area contributed by atoms with E-state index in [1.54, 1.807) is 6.07 Å². The Kier molecular flexibility index (Phi) is 2.89. The lowest BCUT2D eigenvalue weighted by atomic mass is 10.1. The van der Waals surface area contributed by atoms with Gasteiger partial charge in [0.25, 0.3) is 0 Å². The third-order valence-electron chi connectivity index (χ3n) is 2.10. The van der Waals surface area contributed by atoms with Crippen molar-refractivity contribution >= 4 is 23.2 Å². The van der Waals surface area contributed by atoms with Gasteiger partial charge in [-0.2, -0.15) is 0 Å². The maximum absolute atomic E-state index is 6.02. The van der Waals surface area contributed by atoms with E-state index in [-0.39, 0.29) is 0 Å². The first-order valence-electron chi connectivity index (χ1n) is 4.42. The standard InChI is InChI=1S/C11H8Cl2N2/c1-7-2-3-8(6-9(7)12)10-4-5-11(13)15-14-10/h2-6H,1H3. The van der Waals surface area contributed by atoms with E-state index in [1.165, 1.54) is 0 Å². The Bertz CT molecular complexity index is 480. The molecule has 0 saturated heterocycles. The number of hydrogen-bond acceptors (Lipinski definition) is 2. The third kappa shape index (κ3) is 2.28. The van der Waals surface area contributed by atoms with Crippen molar-refractivity contribution in [3.63, 3.8) is 0 Å². The summed E-state index contributed by atoms with van der Waals surface area (Å²) in [7, 11) is 0. The minimum Gasteiger partial charge on any atom is -0.149 e. The van der Waals surface area contributed by atoms with Crippen molar-refractivity contribution in [3.8, 4) is 11.3 Å². The summed E-state index contributed by atoms with van der Waals surface area (Å²) < 4.78 is 0. The van der Waals surface area contributed by atoms with Crippen molar-refractivity contribution in [1.29, 1.82) is 0 Å². The summed E-state index contributed by atoms with van der Waals surface area (Å²) in [5.41, 5.74) is 2.75. The van der Waals surface area contributed by atoms with Crippen molar-refractivity contribution < 1.29 is 0 Å². The first kappa shape index (κ1) is 10.4. The fourth-order valence-electron chi connectivity index (χ4n) is 1.22. The van der Waals surface area contributed by atoms with Crippen molar-refractivity contribution in [3.05, 3.63) is 46.1 Å². The second kappa shape index (κ2) is 4.17. The van der Waals surface area contributed by atoms with E-state index in [1.807, 2.05) is 31.2 Å². The zero-order chi connectivity index (χ0) is 10.8. The monoisotopic (exact) mass is 238 g/mol. The molecule has 0 N–H and O–H groups in total. The molecule has 2 rings (SSSR count). The zero-order valence-corrected chi connectivity index (χ0v) is 9.55. The molecule has 76 valence electrons. The predicted molar refractivity (Wildman–Crippen MR) is 62.2 cm³/mol. The number of aromatic nitrogens is 2. The normalized spacial score (nSPS) is 10.3. The molecule has 1 aromatic carbocycles. The van der Waals surface area contributed by atoms with E-state index in [4.69, 9.17) is 23.2 Å². The van der Waals surface area contributed by atoms with Gasteiger partial charge < -0.3 is 0 Å². The Hall–Kier alpha value is -1.12. The lowest BCUT2D eigenvalue weighted by Crippen LogP contribution is -1.87. The molecule has 0 aliphatic rings. The average molecular weight is 239 g/mol. The number of rotatable bonds is 1. The van der Waals surface area contributed by atoms with Gasteiger partial charge in [0.05, 0.1) is 5.69 Å². The number of halogens is 2. The second-order valence-corrected chi connectivity index (χ2v) is 4.00. The number of aryl methyl sites for hydroxylation is 1. The molecule has 0 aliphatic heterocycles. The van der Waals surface area contributed by atoms with Crippen molar-refractivity contribution in [2.24, 2.45) is 0 Å². The first-order chi connectivity index (χ1) is 7.16. The Morgan fingerprint density at radius 2 is 1.80 bits per heavy atom. The van der Waals surface area contributed by atoms with Gasteiger partial charge in [0, 0.05) is 10.6 Å². The molecule has 0 fully saturated rings. The van der Waals surface area contributed by atoms with Crippen molar-refractivity contribution in [1.82, 2.24) is 10.2 Å². The largest absolute Gasteiger partial charge is 0.151 e. The summed E-state index contributed by atoms with van der Waals surface area (Å²) in [4.78, 5) is 0. The van der Waals surface area contributed by atoms with Crippen LogP contribution in [0.4, 0.5) is 0 Å². The summed E-state index contributed by atoms with van der Waals surface area (Å²) in [6, 6.07) is 9.30. The summed E-state index contributed by atoms with van der Waals surface area (Å²) >= 11 is 11.7. The van der Waals surface area contributed by atoms with Crippen LogP contribution in [-0.2, 0) is 0 Å². The van der Waals surface area contributed by atoms with Crippen LogP contribution < -0.4 is 0 Å². The maximum Gasteiger partial charge on any atom is 0.151 e. The lowest BCUT2D eigenvalue weighted by Gasteiger charge is -2.02. The Balaban J connectivity index is 2.45. The molecule has 0 unspecified atom stereocenters. The van der Waals surface area contributed by atoms with Gasteiger partial charge in [0.2, 0.25) is 0 Å². The molecule has 2 aromatic rings. The number of benzene rings is 1. The lowest BCUT2D eigenvalue weighted by molar-refractivity contribution is 1.04. The van der Waals surface area contributed by atoms with E-state index in [2.05, 4.69) is 10.2 Å². The Morgan fingerprint density at radius 3 is 2.40 bits per heavy atom. The van der Waals surface area contributed by atoms with E-state index in [0.29, 0.717) is 5.15 Å². The van der Waals surface area contributed by atoms with Gasteiger partial charge in [-0.1, -0.05) is 35.3 Å². The van der Waals surface area contributed by atoms with E-state index in [9.17, 15) is 0 Å². The molecule has 0 spiro atoms. The predicted octanol–water partition coefficient (Wildman–Crippen LogP) is 3.76. The molecule has 4 heteroatoms. The zero-order valence-electron chi connectivity index (χ0n) is 8.04. The molecule has 0 amide bonds. The van der Waals surface area contributed by atoms with Crippen LogP contribution in [-0.4, -0.2) is 10.2 Å². The van der Waals surface area contributed by atoms with Gasteiger partial charge in [-0.15, -0.1) is 10.2 Å². The van der Waals surface area contributed by atoms with Crippen LogP contribution >= 0.6 is 23.2 Å². The minimum atomic E-state index is 0.386. The molecular formula is C11H8Cl2N2. The van der Waals surface area contributed by atoms with Crippen LogP contribution in [0.2, 0.25) is 10.2 Å². The molecule has 0 atom stereocenters. The van der Waals surface area contributed by atoms with Gasteiger partial charge >= 0.3 is 0 Å². The second-order valence-electron chi connectivity index (χ2n) is 3.21. The molecule has 0 aliphatic carbocycles. The van der Waals surface area contributed by atoms with Crippen LogP contribution in [0.15, 0.2) is 30.3 Å². The van der Waals surface area contributed by atoms with Crippen LogP contribution in [0.25, 0.3) is 11.3 Å². The molecule has 1 heterocycles. The van der Waals surface area contributed by atoms with Gasteiger partial charge in [-0.3, -0.25) is 0 Å². The van der Waals surface area contributed by atoms with E-state index in [0.717, 1.165) is 21.8 Å². The molecule has 0 saturated carbocycles. The van der Waals surface area contributed by atoms with Gasteiger partial charge in [0.1, 0.15) is 0 Å². The maximum atomic E-state index is 6.02. The highest BCUT2D eigenvalue weighted by atomic mass is 35.5. The minimum absolute atomic E-state index is 0.386. The van der Waals surface area contributed by atoms with Gasteiger partial charge in [0.15, 0.2) is 5.15 Å². The van der Waals surface area contributed by atoms with Crippen LogP contribution in [0.3, 0.4) is 0 Å². The highest BCUT2D eigenvalue weighted by molar-refractivity contribution is 6.31. The number of nitrogens with zero attached hydrogens (tertiary/aromatic N) is 2. The van der Waals surface area contributed by atoms with Gasteiger partial charge in [-0.05, 0) is 30.7 Å². The summed E-state index contributed by atoms with van der Waals surface area (Å²) in [5, 5.41) is 8.87. The van der Waals surface area contributed by atoms with E-state index < -0.39 is 0 Å². The molecule has 1 aromatic heterocycles. The van der Waals surface area contributed by atoms with Crippen molar-refractivity contribution in [2.45, 2.75) is 6.92 Å². The van der Waals surface area contributed by atoms with Crippen LogP contribution in [0.1, 0.15) is 5.56 Å². The Morgan fingerprint density at radius 1 is 1.00 bits per heavy atom. The molecule has 2 nitrogen and oxygen atoms in total. The first-order valence-corrected chi connectivity index (χ1v) is 5.18. The fraction of sp³-hybridized carbons (Fsp3) is 0.0909. The SMILES string of the molecule is Cc1ccc(-c2ccc(Cl)nn2)cc1Cl. The molecule has 0 bridgehead atoms.